The lowest BCUT2D eigenvalue weighted by Crippen LogP contribution is -2.49. The SMILES string of the molecule is C[C@H]1CN([C@@H](C)CO)C(=O)c2cc(NC(=O)Nc3ccccc3)ccc2O[C@H]1CN(C)Cc1ccc(C(F)(F)F)cc1. The maximum absolute atomic E-state index is 13.6. The molecule has 0 saturated heterocycles. The van der Waals surface area contributed by atoms with Crippen molar-refractivity contribution < 1.29 is 32.6 Å². The van der Waals surface area contributed by atoms with Gasteiger partial charge >= 0.3 is 12.2 Å². The van der Waals surface area contributed by atoms with Crippen LogP contribution >= 0.6 is 0 Å². The first-order valence-corrected chi connectivity index (χ1v) is 13.6. The number of nitrogens with one attached hydrogen (secondary N) is 2. The van der Waals surface area contributed by atoms with Crippen LogP contribution in [0.3, 0.4) is 0 Å². The van der Waals surface area contributed by atoms with E-state index in [2.05, 4.69) is 10.6 Å². The number of aliphatic hydroxyl groups excluding tert-OH is 1. The van der Waals surface area contributed by atoms with Crippen molar-refractivity contribution in [3.63, 3.8) is 0 Å². The fraction of sp³-hybridized carbons (Fsp3) is 0.355. The Balaban J connectivity index is 1.53. The minimum absolute atomic E-state index is 0.138. The van der Waals surface area contributed by atoms with Gasteiger partial charge in [0.1, 0.15) is 11.9 Å². The van der Waals surface area contributed by atoms with Gasteiger partial charge in [0.15, 0.2) is 0 Å². The smallest absolute Gasteiger partial charge is 0.416 e. The Kier molecular flexibility index (Phi) is 9.74. The zero-order valence-electron chi connectivity index (χ0n) is 23.7. The first kappa shape index (κ1) is 30.9. The quantitative estimate of drug-likeness (QED) is 0.316. The summed E-state index contributed by atoms with van der Waals surface area (Å²) in [6.07, 6.45) is -4.78. The van der Waals surface area contributed by atoms with E-state index in [9.17, 15) is 27.9 Å². The maximum Gasteiger partial charge on any atom is 0.416 e. The number of hydrogen-bond donors (Lipinski definition) is 3. The van der Waals surface area contributed by atoms with Crippen molar-refractivity contribution in [1.29, 1.82) is 0 Å². The molecule has 0 spiro atoms. The molecule has 0 aliphatic carbocycles. The highest BCUT2D eigenvalue weighted by Gasteiger charge is 2.34. The molecule has 0 bridgehead atoms. The summed E-state index contributed by atoms with van der Waals surface area (Å²) >= 11 is 0. The third-order valence-corrected chi connectivity index (χ3v) is 7.18. The number of nitrogens with zero attached hydrogens (tertiary/aromatic N) is 2. The van der Waals surface area contributed by atoms with Gasteiger partial charge in [-0.3, -0.25) is 9.69 Å². The highest BCUT2D eigenvalue weighted by atomic mass is 19.4. The maximum atomic E-state index is 13.6. The predicted molar refractivity (Wildman–Crippen MR) is 154 cm³/mol. The second-order valence-electron chi connectivity index (χ2n) is 10.7. The molecule has 4 rings (SSSR count). The predicted octanol–water partition coefficient (Wildman–Crippen LogP) is 5.70. The van der Waals surface area contributed by atoms with Crippen molar-refractivity contribution in [2.45, 2.75) is 38.7 Å². The number of carbonyl (C=O) groups excluding carboxylic acids is 2. The number of para-hydroxylation sites is 1. The zero-order valence-corrected chi connectivity index (χ0v) is 23.7. The van der Waals surface area contributed by atoms with E-state index >= 15 is 0 Å². The summed E-state index contributed by atoms with van der Waals surface area (Å²) in [6.45, 7) is 4.61. The lowest BCUT2D eigenvalue weighted by atomic mass is 9.99. The molecule has 0 radical (unpaired) electrons. The van der Waals surface area contributed by atoms with Crippen LogP contribution in [0, 0.1) is 5.92 Å². The molecular formula is C31H35F3N4O4. The van der Waals surface area contributed by atoms with E-state index in [0.29, 0.717) is 36.8 Å². The number of aliphatic hydroxyl groups is 1. The van der Waals surface area contributed by atoms with Crippen LogP contribution in [0.25, 0.3) is 0 Å². The van der Waals surface area contributed by atoms with Crippen LogP contribution in [0.4, 0.5) is 29.3 Å². The number of carbonyl (C=O) groups is 2. The average molecular weight is 585 g/mol. The number of hydrogen-bond acceptors (Lipinski definition) is 5. The number of fused-ring (bicyclic) bond motifs is 1. The van der Waals surface area contributed by atoms with E-state index in [1.165, 1.54) is 12.1 Å². The molecule has 3 N–H and O–H groups in total. The Morgan fingerprint density at radius 3 is 2.38 bits per heavy atom. The molecule has 0 fully saturated rings. The van der Waals surface area contributed by atoms with Gasteiger partial charge in [-0.25, -0.2) is 4.79 Å². The van der Waals surface area contributed by atoms with Crippen molar-refractivity contribution >= 4 is 23.3 Å². The van der Waals surface area contributed by atoms with E-state index in [1.54, 1.807) is 54.3 Å². The Morgan fingerprint density at radius 2 is 1.74 bits per heavy atom. The molecule has 1 heterocycles. The number of anilines is 2. The molecule has 3 aromatic rings. The van der Waals surface area contributed by atoms with Crippen molar-refractivity contribution in [1.82, 2.24) is 9.80 Å². The van der Waals surface area contributed by atoms with Crippen molar-refractivity contribution in [2.75, 3.05) is 37.4 Å². The fourth-order valence-corrected chi connectivity index (χ4v) is 4.82. The second-order valence-corrected chi connectivity index (χ2v) is 10.7. The Bertz CT molecular complexity index is 1370. The van der Waals surface area contributed by atoms with Crippen molar-refractivity contribution in [3.8, 4) is 5.75 Å². The van der Waals surface area contributed by atoms with Crippen LogP contribution in [0.5, 0.6) is 5.75 Å². The monoisotopic (exact) mass is 584 g/mol. The third-order valence-electron chi connectivity index (χ3n) is 7.18. The van der Waals surface area contributed by atoms with E-state index < -0.39 is 23.8 Å². The number of halogens is 3. The fourth-order valence-electron chi connectivity index (χ4n) is 4.82. The van der Waals surface area contributed by atoms with Gasteiger partial charge in [0, 0.05) is 36.9 Å². The molecule has 3 aromatic carbocycles. The largest absolute Gasteiger partial charge is 0.488 e. The minimum atomic E-state index is -4.39. The number of amides is 3. The molecule has 11 heteroatoms. The van der Waals surface area contributed by atoms with Gasteiger partial charge in [0.05, 0.1) is 23.8 Å². The first-order chi connectivity index (χ1) is 19.9. The molecule has 8 nitrogen and oxygen atoms in total. The standard InChI is InChI=1S/C31H35F3N4O4/c1-20-16-38(21(2)19-39)29(40)26-15-25(36-30(41)35-24-7-5-4-6-8-24)13-14-27(26)42-28(20)18-37(3)17-22-9-11-23(12-10-22)31(32,33)34/h4-15,20-21,28,39H,16-19H2,1-3H3,(H2,35,36,41)/t20-,21-,28-/m0/s1. The van der Waals surface area contributed by atoms with Gasteiger partial charge in [0.2, 0.25) is 0 Å². The lowest BCUT2D eigenvalue weighted by molar-refractivity contribution is -0.137. The summed E-state index contributed by atoms with van der Waals surface area (Å²) in [7, 11) is 1.85. The van der Waals surface area contributed by atoms with Crippen LogP contribution in [0.15, 0.2) is 72.8 Å². The highest BCUT2D eigenvalue weighted by Crippen LogP contribution is 2.32. The first-order valence-electron chi connectivity index (χ1n) is 13.6. The van der Waals surface area contributed by atoms with E-state index in [0.717, 1.165) is 17.7 Å². The number of urea groups is 1. The molecule has 0 aromatic heterocycles. The molecule has 42 heavy (non-hydrogen) atoms. The number of benzene rings is 3. The van der Waals surface area contributed by atoms with Crippen molar-refractivity contribution in [3.05, 3.63) is 89.5 Å². The van der Waals surface area contributed by atoms with E-state index in [4.69, 9.17) is 4.74 Å². The van der Waals surface area contributed by atoms with Gasteiger partial charge in [-0.1, -0.05) is 37.3 Å². The summed E-state index contributed by atoms with van der Waals surface area (Å²) in [5.41, 5.74) is 1.27. The van der Waals surface area contributed by atoms with Gasteiger partial charge in [-0.15, -0.1) is 0 Å². The van der Waals surface area contributed by atoms with Crippen LogP contribution in [0.1, 0.15) is 35.3 Å². The van der Waals surface area contributed by atoms with E-state index in [1.807, 2.05) is 24.9 Å². The molecule has 224 valence electrons. The van der Waals surface area contributed by atoms with Gasteiger partial charge in [-0.2, -0.15) is 13.2 Å². The highest BCUT2D eigenvalue weighted by molar-refractivity contribution is 6.02. The van der Waals surface area contributed by atoms with Gasteiger partial charge in [0.25, 0.3) is 5.91 Å². The third kappa shape index (κ3) is 7.80. The Morgan fingerprint density at radius 1 is 1.07 bits per heavy atom. The average Bonchev–Trinajstić information content (AvgIpc) is 2.95. The summed E-state index contributed by atoms with van der Waals surface area (Å²) in [6, 6.07) is 17.9. The molecular weight excluding hydrogens is 549 g/mol. The molecule has 3 amide bonds. The van der Waals surface area contributed by atoms with Crippen LogP contribution in [-0.2, 0) is 12.7 Å². The molecule has 3 atom stereocenters. The molecule has 0 unspecified atom stereocenters. The number of alkyl halides is 3. The normalized spacial score (nSPS) is 18.0. The number of rotatable bonds is 8. The van der Waals surface area contributed by atoms with Crippen LogP contribution < -0.4 is 15.4 Å². The summed E-state index contributed by atoms with van der Waals surface area (Å²) in [5.74, 6) is -0.133. The van der Waals surface area contributed by atoms with E-state index in [-0.39, 0.29) is 30.1 Å². The summed E-state index contributed by atoms with van der Waals surface area (Å²) < 4.78 is 45.2. The minimum Gasteiger partial charge on any atom is -0.488 e. The lowest BCUT2D eigenvalue weighted by Gasteiger charge is -2.38. The number of ether oxygens (including phenoxy) is 1. The van der Waals surface area contributed by atoms with Crippen molar-refractivity contribution in [2.24, 2.45) is 5.92 Å². The topological polar surface area (TPSA) is 94.1 Å². The number of likely N-dealkylation sites (N-methyl/N-ethyl adjacent to an activating group) is 1. The summed E-state index contributed by atoms with van der Waals surface area (Å²) in [4.78, 5) is 29.8. The van der Waals surface area contributed by atoms with Crippen LogP contribution in [-0.4, -0.2) is 65.7 Å². The molecule has 1 aliphatic heterocycles. The second kappa shape index (κ2) is 13.3. The molecule has 1 aliphatic rings. The molecule has 0 saturated carbocycles. The van der Waals surface area contributed by atoms with Crippen LogP contribution in [0.2, 0.25) is 0 Å². The Hall–Kier alpha value is -4.09. The Labute approximate surface area is 243 Å². The summed E-state index contributed by atoms with van der Waals surface area (Å²) in [5, 5.41) is 15.4. The van der Waals surface area contributed by atoms with Gasteiger partial charge in [-0.05, 0) is 62.0 Å². The zero-order chi connectivity index (χ0) is 30.4. The van der Waals surface area contributed by atoms with Gasteiger partial charge < -0.3 is 25.4 Å².